The smallest absolute Gasteiger partial charge is 0.404 e. The molecule has 0 bridgehead atoms. The number of hydrogen-bond acceptors (Lipinski definition) is 9. The van der Waals surface area contributed by atoms with E-state index < -0.39 is 56.1 Å². The molecule has 2 aromatic rings. The van der Waals surface area contributed by atoms with Crippen LogP contribution in [0.15, 0.2) is 46.1 Å². The number of ether oxygens (including phenoxy) is 1. The van der Waals surface area contributed by atoms with Crippen molar-refractivity contribution in [2.45, 2.75) is 37.1 Å². The lowest BCUT2D eigenvalue weighted by Crippen LogP contribution is -2.52. The van der Waals surface area contributed by atoms with E-state index in [0.717, 1.165) is 12.3 Å². The van der Waals surface area contributed by atoms with Crippen molar-refractivity contribution in [3.05, 3.63) is 62.9 Å². The van der Waals surface area contributed by atoms with Crippen LogP contribution < -0.4 is 15.8 Å². The summed E-state index contributed by atoms with van der Waals surface area (Å²) in [5, 5.41) is 20.6. The van der Waals surface area contributed by atoms with E-state index in [1.807, 2.05) is 4.98 Å². The molecule has 5 atom stereocenters. The minimum atomic E-state index is -4.36. The summed E-state index contributed by atoms with van der Waals surface area (Å²) in [6.45, 7) is -1.37. The summed E-state index contributed by atoms with van der Waals surface area (Å²) < 4.78 is 61.8. The van der Waals surface area contributed by atoms with Gasteiger partial charge in [-0.15, -0.1) is 0 Å². The molecule has 31 heavy (non-hydrogen) atoms. The van der Waals surface area contributed by atoms with Crippen molar-refractivity contribution in [3.8, 4) is 5.75 Å². The number of nitrogens with zero attached hydrogens (tertiary/aromatic N) is 1. The highest BCUT2D eigenvalue weighted by Gasteiger charge is 2.61. The van der Waals surface area contributed by atoms with Gasteiger partial charge in [-0.05, 0) is 6.07 Å². The lowest BCUT2D eigenvalue weighted by atomic mass is 9.96. The standard InChI is InChI=1S/C17H17F2N2O9P/c18-15(19)17(8-28-31(26)27-7-9-3-1-2-4-10(9)30-31)13(24)12(23)14(29-17)21-6-5-11(22)20-16(21)25/h1-6,12-15,23-24H,7-8H2,(H,20,22,25)/t12-,13+,14-,17-,31?/m1/s1. The number of para-hydroxylation sites is 1. The van der Waals surface area contributed by atoms with E-state index in [0.29, 0.717) is 10.1 Å². The van der Waals surface area contributed by atoms with Gasteiger partial charge in [0.05, 0.1) is 13.2 Å². The second kappa shape index (κ2) is 7.93. The Hall–Kier alpha value is -2.41. The topological polar surface area (TPSA) is 149 Å². The number of aliphatic hydroxyl groups is 2. The molecule has 1 fully saturated rings. The van der Waals surface area contributed by atoms with Crippen molar-refractivity contribution in [1.29, 1.82) is 0 Å². The molecule has 3 heterocycles. The van der Waals surface area contributed by atoms with E-state index in [1.165, 1.54) is 6.07 Å². The lowest BCUT2D eigenvalue weighted by Gasteiger charge is -2.32. The van der Waals surface area contributed by atoms with Gasteiger partial charge in [0, 0.05) is 17.8 Å². The summed E-state index contributed by atoms with van der Waals surface area (Å²) in [6, 6.07) is 7.33. The van der Waals surface area contributed by atoms with Gasteiger partial charge >= 0.3 is 13.5 Å². The number of nitrogens with one attached hydrogen (secondary N) is 1. The van der Waals surface area contributed by atoms with Crippen LogP contribution in [-0.2, 0) is 25.0 Å². The number of phosphoric acid groups is 1. The Morgan fingerprint density at radius 2 is 2.03 bits per heavy atom. The Labute approximate surface area is 172 Å². The summed E-state index contributed by atoms with van der Waals surface area (Å²) in [4.78, 5) is 25.1. The second-order valence-corrected chi connectivity index (χ2v) is 8.50. The monoisotopic (exact) mass is 462 g/mol. The van der Waals surface area contributed by atoms with Gasteiger partial charge in [-0.2, -0.15) is 0 Å². The molecule has 1 aromatic carbocycles. The Bertz CT molecular complexity index is 1140. The third-order valence-electron chi connectivity index (χ3n) is 4.96. The van der Waals surface area contributed by atoms with Crippen molar-refractivity contribution >= 4 is 7.82 Å². The second-order valence-electron chi connectivity index (χ2n) is 6.91. The molecule has 1 aromatic heterocycles. The first-order valence-electron chi connectivity index (χ1n) is 8.95. The Balaban J connectivity index is 1.58. The van der Waals surface area contributed by atoms with E-state index in [1.54, 1.807) is 18.2 Å². The zero-order chi connectivity index (χ0) is 22.4. The fourth-order valence-electron chi connectivity index (χ4n) is 3.27. The number of aromatic amines is 1. The Morgan fingerprint density at radius 3 is 2.74 bits per heavy atom. The zero-order valence-corrected chi connectivity index (χ0v) is 16.5. The first-order chi connectivity index (χ1) is 14.7. The molecule has 0 amide bonds. The van der Waals surface area contributed by atoms with Crippen LogP contribution >= 0.6 is 7.82 Å². The van der Waals surface area contributed by atoms with Crippen LogP contribution in [0.2, 0.25) is 0 Å². The maximum Gasteiger partial charge on any atom is 0.530 e. The highest BCUT2D eigenvalue weighted by molar-refractivity contribution is 7.49. The van der Waals surface area contributed by atoms with Gasteiger partial charge in [-0.1, -0.05) is 18.2 Å². The van der Waals surface area contributed by atoms with Crippen LogP contribution in [0, 0.1) is 0 Å². The first-order valence-corrected chi connectivity index (χ1v) is 10.4. The number of rotatable bonds is 5. The average molecular weight is 462 g/mol. The summed E-state index contributed by atoms with van der Waals surface area (Å²) in [5.41, 5.74) is -4.13. The van der Waals surface area contributed by atoms with Gasteiger partial charge in [-0.3, -0.25) is 23.4 Å². The molecule has 0 saturated carbocycles. The van der Waals surface area contributed by atoms with Gasteiger partial charge < -0.3 is 19.5 Å². The van der Waals surface area contributed by atoms with Gasteiger partial charge in [-0.25, -0.2) is 18.1 Å². The number of phosphoric ester groups is 1. The van der Waals surface area contributed by atoms with Crippen LogP contribution in [0.5, 0.6) is 5.75 Å². The fourth-order valence-corrected chi connectivity index (χ4v) is 4.53. The third kappa shape index (κ3) is 3.84. The predicted octanol–water partition coefficient (Wildman–Crippen LogP) is 0.525. The molecule has 0 spiro atoms. The van der Waals surface area contributed by atoms with E-state index in [2.05, 4.69) is 0 Å². The molecule has 14 heteroatoms. The highest BCUT2D eigenvalue weighted by atomic mass is 31.2. The summed E-state index contributed by atoms with van der Waals surface area (Å²) in [5.74, 6) is 0.175. The summed E-state index contributed by atoms with van der Waals surface area (Å²) >= 11 is 0. The molecule has 3 N–H and O–H groups in total. The third-order valence-corrected chi connectivity index (χ3v) is 6.27. The van der Waals surface area contributed by atoms with E-state index in [9.17, 15) is 33.1 Å². The molecule has 168 valence electrons. The number of benzene rings is 1. The zero-order valence-electron chi connectivity index (χ0n) is 15.6. The number of H-pyrrole nitrogens is 1. The van der Waals surface area contributed by atoms with Crippen LogP contribution in [0.1, 0.15) is 11.8 Å². The predicted molar refractivity (Wildman–Crippen MR) is 97.6 cm³/mol. The maximum atomic E-state index is 14.0. The molecular formula is C17H17F2N2O9P. The normalized spacial score (nSPS) is 32.6. The van der Waals surface area contributed by atoms with Gasteiger partial charge in [0.2, 0.25) is 0 Å². The van der Waals surface area contributed by atoms with Gasteiger partial charge in [0.1, 0.15) is 18.0 Å². The van der Waals surface area contributed by atoms with Crippen LogP contribution in [-0.4, -0.2) is 50.6 Å². The Kier molecular flexibility index (Phi) is 5.58. The van der Waals surface area contributed by atoms with Crippen LogP contribution in [0.4, 0.5) is 8.78 Å². The number of halogens is 2. The molecule has 1 unspecified atom stereocenters. The molecule has 0 aliphatic carbocycles. The van der Waals surface area contributed by atoms with Crippen molar-refractivity contribution in [2.75, 3.05) is 6.61 Å². The summed E-state index contributed by atoms with van der Waals surface area (Å²) in [7, 11) is -4.36. The van der Waals surface area contributed by atoms with Crippen molar-refractivity contribution in [3.63, 3.8) is 0 Å². The van der Waals surface area contributed by atoms with Gasteiger partial charge in [0.25, 0.3) is 12.0 Å². The Morgan fingerprint density at radius 1 is 1.29 bits per heavy atom. The number of fused-ring (bicyclic) bond motifs is 1. The van der Waals surface area contributed by atoms with Crippen molar-refractivity contribution in [1.82, 2.24) is 9.55 Å². The molecule has 4 rings (SSSR count). The maximum absolute atomic E-state index is 14.0. The van der Waals surface area contributed by atoms with Crippen molar-refractivity contribution in [2.24, 2.45) is 0 Å². The van der Waals surface area contributed by atoms with E-state index in [-0.39, 0.29) is 12.4 Å². The fraction of sp³-hybridized carbons (Fsp3) is 0.412. The highest BCUT2D eigenvalue weighted by Crippen LogP contribution is 2.56. The van der Waals surface area contributed by atoms with E-state index in [4.69, 9.17) is 18.3 Å². The molecule has 0 radical (unpaired) electrons. The van der Waals surface area contributed by atoms with Crippen molar-refractivity contribution < 1.29 is 41.9 Å². The minimum Gasteiger partial charge on any atom is -0.404 e. The number of hydrogen-bond donors (Lipinski definition) is 3. The summed E-state index contributed by atoms with van der Waals surface area (Å²) in [6.07, 6.45) is -8.57. The average Bonchev–Trinajstić information content (AvgIpc) is 2.98. The van der Waals surface area contributed by atoms with Gasteiger partial charge in [0.15, 0.2) is 11.8 Å². The largest absolute Gasteiger partial charge is 0.530 e. The first kappa shape index (κ1) is 21.8. The lowest BCUT2D eigenvalue weighted by molar-refractivity contribution is -0.194. The number of aliphatic hydroxyl groups excluding tert-OH is 2. The molecule has 2 aliphatic heterocycles. The van der Waals surface area contributed by atoms with E-state index >= 15 is 0 Å². The molecule has 2 aliphatic rings. The molecule has 11 nitrogen and oxygen atoms in total. The van der Waals surface area contributed by atoms with Crippen LogP contribution in [0.25, 0.3) is 0 Å². The quantitative estimate of drug-likeness (QED) is 0.541. The van der Waals surface area contributed by atoms with Crippen LogP contribution in [0.3, 0.4) is 0 Å². The minimum absolute atomic E-state index is 0.170. The number of alkyl halides is 2. The molecular weight excluding hydrogens is 445 g/mol. The SMILES string of the molecule is O=c1ccn([C@@H]2O[C@@](COP3(=O)OCc4ccccc4O3)(C(F)F)[C@@H](O)[C@H]2O)c(=O)[nH]1. The molecule has 1 saturated heterocycles. The number of aromatic nitrogens is 2.